The molecule has 3 aromatic carbocycles. The number of carbonyl (C=O) groups excluding carboxylic acids is 2. The van der Waals surface area contributed by atoms with Crippen LogP contribution in [0.15, 0.2) is 103 Å². The zero-order chi connectivity index (χ0) is 28.1. The van der Waals surface area contributed by atoms with Gasteiger partial charge in [0.2, 0.25) is 0 Å². The highest BCUT2D eigenvalue weighted by Gasteiger charge is 2.46. The summed E-state index contributed by atoms with van der Waals surface area (Å²) in [5.74, 6) is -0.276. The molecule has 202 valence electrons. The van der Waals surface area contributed by atoms with Gasteiger partial charge in [0.25, 0.3) is 11.7 Å². The lowest BCUT2D eigenvalue weighted by molar-refractivity contribution is -0.140. The Balaban J connectivity index is 1.53. The van der Waals surface area contributed by atoms with Gasteiger partial charge >= 0.3 is 0 Å². The summed E-state index contributed by atoms with van der Waals surface area (Å²) in [6, 6.07) is 24.6. The molecule has 1 N–H and O–H groups in total. The summed E-state index contributed by atoms with van der Waals surface area (Å²) >= 11 is 0. The molecule has 1 fully saturated rings. The van der Waals surface area contributed by atoms with Gasteiger partial charge in [-0.15, -0.1) is 0 Å². The molecule has 0 unspecified atom stereocenters. The van der Waals surface area contributed by atoms with Gasteiger partial charge in [0.1, 0.15) is 18.1 Å². The van der Waals surface area contributed by atoms with Gasteiger partial charge in [0.15, 0.2) is 11.5 Å². The van der Waals surface area contributed by atoms with E-state index in [-0.39, 0.29) is 17.9 Å². The van der Waals surface area contributed by atoms with E-state index in [4.69, 9.17) is 14.2 Å². The smallest absolute Gasteiger partial charge is 0.295 e. The van der Waals surface area contributed by atoms with E-state index in [2.05, 4.69) is 4.98 Å². The van der Waals surface area contributed by atoms with Crippen molar-refractivity contribution in [2.45, 2.75) is 19.2 Å². The molecule has 1 saturated heterocycles. The minimum Gasteiger partial charge on any atom is -0.507 e. The number of pyridine rings is 1. The van der Waals surface area contributed by atoms with Crippen molar-refractivity contribution in [3.8, 4) is 17.2 Å². The molecule has 1 amide bonds. The Hall–Kier alpha value is -5.11. The summed E-state index contributed by atoms with van der Waals surface area (Å²) in [5.41, 5.74) is 2.81. The van der Waals surface area contributed by atoms with Gasteiger partial charge in [0.05, 0.1) is 25.8 Å². The van der Waals surface area contributed by atoms with E-state index in [9.17, 15) is 14.7 Å². The van der Waals surface area contributed by atoms with Crippen LogP contribution in [-0.4, -0.2) is 40.9 Å². The Morgan fingerprint density at radius 1 is 0.850 bits per heavy atom. The van der Waals surface area contributed by atoms with Crippen LogP contribution in [0.2, 0.25) is 0 Å². The molecule has 1 aromatic heterocycles. The molecule has 0 saturated carbocycles. The molecule has 1 atom stereocenters. The Morgan fingerprint density at radius 3 is 2.23 bits per heavy atom. The molecular formula is C32H28N2O6. The third kappa shape index (κ3) is 5.37. The molecule has 0 spiro atoms. The lowest BCUT2D eigenvalue weighted by Crippen LogP contribution is -2.29. The third-order valence-corrected chi connectivity index (χ3v) is 6.74. The van der Waals surface area contributed by atoms with Crippen molar-refractivity contribution in [2.24, 2.45) is 0 Å². The van der Waals surface area contributed by atoms with Crippen LogP contribution in [-0.2, 0) is 22.7 Å². The number of rotatable bonds is 9. The average Bonchev–Trinajstić information content (AvgIpc) is 3.25. The van der Waals surface area contributed by atoms with E-state index in [0.29, 0.717) is 35.0 Å². The van der Waals surface area contributed by atoms with Crippen molar-refractivity contribution in [1.29, 1.82) is 0 Å². The Labute approximate surface area is 232 Å². The van der Waals surface area contributed by atoms with Crippen molar-refractivity contribution in [1.82, 2.24) is 9.88 Å². The number of carbonyl (C=O) groups is 2. The van der Waals surface area contributed by atoms with Crippen molar-refractivity contribution >= 4 is 17.4 Å². The normalized spacial score (nSPS) is 16.1. The van der Waals surface area contributed by atoms with Crippen LogP contribution in [0.25, 0.3) is 5.76 Å². The number of nitrogens with zero attached hydrogens (tertiary/aromatic N) is 2. The molecule has 1 aliphatic heterocycles. The van der Waals surface area contributed by atoms with Crippen LogP contribution >= 0.6 is 0 Å². The number of likely N-dealkylation sites (tertiary alicyclic amines) is 1. The highest BCUT2D eigenvalue weighted by Crippen LogP contribution is 2.41. The molecule has 4 aromatic rings. The minimum absolute atomic E-state index is 0.00997. The summed E-state index contributed by atoms with van der Waals surface area (Å²) in [7, 11) is 2.99. The number of aromatic nitrogens is 1. The van der Waals surface area contributed by atoms with Gasteiger partial charge < -0.3 is 24.2 Å². The molecule has 5 rings (SSSR count). The van der Waals surface area contributed by atoms with Crippen molar-refractivity contribution in [3.05, 3.63) is 125 Å². The second-order valence-electron chi connectivity index (χ2n) is 9.20. The number of ether oxygens (including phenoxy) is 3. The summed E-state index contributed by atoms with van der Waals surface area (Å²) < 4.78 is 16.6. The number of hydrogen-bond acceptors (Lipinski definition) is 7. The van der Waals surface area contributed by atoms with E-state index in [1.54, 1.807) is 67.0 Å². The van der Waals surface area contributed by atoms with Crippen LogP contribution in [0.4, 0.5) is 0 Å². The first-order valence-corrected chi connectivity index (χ1v) is 12.7. The number of amides is 1. The fourth-order valence-electron chi connectivity index (χ4n) is 4.70. The maximum atomic E-state index is 13.4. The standard InChI is InChI=1S/C32H28N2O6/c1-38-26-13-10-24(18-27(26)39-2)30(35)28-29(34(32(37)31(28)36)19-21-14-16-33-17-15-21)23-8-11-25(12-9-23)40-20-22-6-4-3-5-7-22/h3-18,29,35H,19-20H2,1-2H3/t29-/m0/s1. The number of methoxy groups -OCH3 is 2. The number of aliphatic hydroxyl groups excluding tert-OH is 1. The predicted molar refractivity (Wildman–Crippen MR) is 149 cm³/mol. The van der Waals surface area contributed by atoms with E-state index < -0.39 is 17.7 Å². The van der Waals surface area contributed by atoms with E-state index >= 15 is 0 Å². The van der Waals surface area contributed by atoms with Gasteiger partial charge in [0, 0.05) is 24.5 Å². The fourth-order valence-corrected chi connectivity index (χ4v) is 4.70. The molecule has 0 bridgehead atoms. The monoisotopic (exact) mass is 536 g/mol. The van der Waals surface area contributed by atoms with Gasteiger partial charge in [-0.05, 0) is 59.2 Å². The summed E-state index contributed by atoms with van der Waals surface area (Å²) in [5, 5.41) is 11.4. The molecule has 8 nitrogen and oxygen atoms in total. The van der Waals surface area contributed by atoms with Crippen LogP contribution in [0.5, 0.6) is 17.2 Å². The summed E-state index contributed by atoms with van der Waals surface area (Å²) in [6.07, 6.45) is 3.26. The lowest BCUT2D eigenvalue weighted by atomic mass is 9.95. The van der Waals surface area contributed by atoms with Gasteiger partial charge in [-0.1, -0.05) is 42.5 Å². The fraction of sp³-hybridized carbons (Fsp3) is 0.156. The SMILES string of the molecule is COc1ccc(C(O)=C2C(=O)C(=O)N(Cc3ccncc3)[C@H]2c2ccc(OCc3ccccc3)cc2)cc1OC. The molecule has 8 heteroatoms. The lowest BCUT2D eigenvalue weighted by Gasteiger charge is -2.25. The minimum atomic E-state index is -0.829. The van der Waals surface area contributed by atoms with Crippen LogP contribution in [0.3, 0.4) is 0 Å². The van der Waals surface area contributed by atoms with E-state index in [1.165, 1.54) is 19.1 Å². The number of Topliss-reactive ketones (excluding diaryl/α,β-unsaturated/α-hetero) is 1. The van der Waals surface area contributed by atoms with E-state index in [1.807, 2.05) is 30.3 Å². The predicted octanol–water partition coefficient (Wildman–Crippen LogP) is 5.30. The first-order chi connectivity index (χ1) is 19.5. The second-order valence-corrected chi connectivity index (χ2v) is 9.20. The summed E-state index contributed by atoms with van der Waals surface area (Å²) in [4.78, 5) is 32.2. The van der Waals surface area contributed by atoms with Gasteiger partial charge in [-0.2, -0.15) is 0 Å². The molecule has 0 radical (unpaired) electrons. The quantitative estimate of drug-likeness (QED) is 0.176. The number of ketones is 1. The maximum Gasteiger partial charge on any atom is 0.295 e. The first-order valence-electron chi connectivity index (χ1n) is 12.7. The Morgan fingerprint density at radius 2 is 1.55 bits per heavy atom. The zero-order valence-corrected chi connectivity index (χ0v) is 22.1. The molecule has 2 heterocycles. The van der Waals surface area contributed by atoms with E-state index in [0.717, 1.165) is 11.1 Å². The van der Waals surface area contributed by atoms with Crippen molar-refractivity contribution < 1.29 is 28.9 Å². The van der Waals surface area contributed by atoms with Crippen LogP contribution < -0.4 is 14.2 Å². The molecule has 0 aliphatic carbocycles. The van der Waals surface area contributed by atoms with Crippen LogP contribution in [0, 0.1) is 0 Å². The maximum absolute atomic E-state index is 13.4. The van der Waals surface area contributed by atoms with Crippen molar-refractivity contribution in [3.63, 3.8) is 0 Å². The average molecular weight is 537 g/mol. The second kappa shape index (κ2) is 11.7. The largest absolute Gasteiger partial charge is 0.507 e. The topological polar surface area (TPSA) is 98.2 Å². The third-order valence-electron chi connectivity index (χ3n) is 6.74. The number of hydrogen-bond donors (Lipinski definition) is 1. The highest BCUT2D eigenvalue weighted by atomic mass is 16.5. The van der Waals surface area contributed by atoms with Gasteiger partial charge in [-0.25, -0.2) is 0 Å². The molecule has 1 aliphatic rings. The first kappa shape index (κ1) is 26.5. The summed E-state index contributed by atoms with van der Waals surface area (Å²) in [6.45, 7) is 0.562. The van der Waals surface area contributed by atoms with Crippen molar-refractivity contribution in [2.75, 3.05) is 14.2 Å². The van der Waals surface area contributed by atoms with Crippen LogP contribution in [0.1, 0.15) is 28.3 Å². The number of aliphatic hydroxyl groups is 1. The Bertz CT molecular complexity index is 1540. The van der Waals surface area contributed by atoms with Gasteiger partial charge in [-0.3, -0.25) is 14.6 Å². The number of benzene rings is 3. The molecular weight excluding hydrogens is 508 g/mol. The zero-order valence-electron chi connectivity index (χ0n) is 22.1. The highest BCUT2D eigenvalue weighted by molar-refractivity contribution is 6.46. The molecule has 40 heavy (non-hydrogen) atoms. The Kier molecular flexibility index (Phi) is 7.77.